The number of aromatic nitrogens is 2. The minimum Gasteiger partial charge on any atom is -0.454 e. The lowest BCUT2D eigenvalue weighted by Crippen LogP contribution is -2.08. The zero-order valence-electron chi connectivity index (χ0n) is 37.4. The Morgan fingerprint density at radius 1 is 0.486 bits per heavy atom. The normalized spacial score (nSPS) is 12.0. The molecule has 0 atom stereocenters. The Bertz CT molecular complexity index is 4650. The van der Waals surface area contributed by atoms with Gasteiger partial charge < -0.3 is 13.6 Å². The number of fused-ring (bicyclic) bond motifs is 18. The van der Waals surface area contributed by atoms with E-state index in [0.29, 0.717) is 16.9 Å². The summed E-state index contributed by atoms with van der Waals surface area (Å²) >= 11 is 3.54. The first-order valence-corrected chi connectivity index (χ1v) is 24.9. The van der Waals surface area contributed by atoms with Gasteiger partial charge in [0.1, 0.15) is 11.7 Å². The zero-order chi connectivity index (χ0) is 46.4. The van der Waals surface area contributed by atoms with Crippen molar-refractivity contribution in [3.8, 4) is 39.7 Å². The van der Waals surface area contributed by atoms with Crippen molar-refractivity contribution in [2.75, 3.05) is 0 Å². The molecule has 0 amide bonds. The fourth-order valence-electron chi connectivity index (χ4n) is 11.5. The van der Waals surface area contributed by atoms with Crippen molar-refractivity contribution in [2.45, 2.75) is 6.92 Å². The summed E-state index contributed by atoms with van der Waals surface area (Å²) in [6, 6.07) is 68.8. The van der Waals surface area contributed by atoms with E-state index in [-0.39, 0.29) is 0 Å². The van der Waals surface area contributed by atoms with Crippen LogP contribution in [0.25, 0.3) is 144 Å². The van der Waals surface area contributed by atoms with Crippen LogP contribution < -0.4 is 0 Å². The van der Waals surface area contributed by atoms with Gasteiger partial charge in [-0.25, -0.2) is 4.85 Å². The fourth-order valence-corrected chi connectivity index (χ4v) is 14.0. The molecule has 15 rings (SSSR count). The van der Waals surface area contributed by atoms with Crippen LogP contribution in [0.15, 0.2) is 192 Å². The van der Waals surface area contributed by atoms with Crippen LogP contribution in [0.1, 0.15) is 11.1 Å². The zero-order valence-corrected chi connectivity index (χ0v) is 39.0. The molecule has 5 heterocycles. The standard InChI is InChI=1S/C63H34N4OS2/c1-35-25-32-49-47(33-35)43-26-29-44-38-19-9-12-22-50(38)68-61(44)57(43)66(49)60-53(36-15-5-3-6-16-36)48(34-64)56(55(65-2)54(60)37-17-7-4-8-18-37)67-58-41(27-30-45-39-20-10-13-23-51(39)69-62(45)58)42-28-31-46-40-21-11-14-24-52(40)70-63(46)59(42)67/h3-33H,1H3. The number of rotatable bonds is 4. The molecular formula is C63H34N4OS2. The lowest BCUT2D eigenvalue weighted by atomic mass is 9.88. The molecule has 0 N–H and O–H groups in total. The molecule has 5 aromatic heterocycles. The number of thiophene rings is 2. The highest BCUT2D eigenvalue weighted by atomic mass is 32.1. The van der Waals surface area contributed by atoms with Crippen molar-refractivity contribution in [3.63, 3.8) is 0 Å². The van der Waals surface area contributed by atoms with Crippen LogP contribution in [0.3, 0.4) is 0 Å². The van der Waals surface area contributed by atoms with Gasteiger partial charge in [-0.1, -0.05) is 157 Å². The number of benzene rings is 10. The van der Waals surface area contributed by atoms with Crippen LogP contribution >= 0.6 is 22.7 Å². The van der Waals surface area contributed by atoms with Gasteiger partial charge in [0, 0.05) is 74.4 Å². The molecule has 0 radical (unpaired) electrons. The highest BCUT2D eigenvalue weighted by molar-refractivity contribution is 7.27. The van der Waals surface area contributed by atoms with Crippen LogP contribution in [-0.2, 0) is 0 Å². The summed E-state index contributed by atoms with van der Waals surface area (Å²) in [5.41, 5.74) is 11.8. The van der Waals surface area contributed by atoms with Gasteiger partial charge in [0.05, 0.1) is 55.0 Å². The highest BCUT2D eigenvalue weighted by Gasteiger charge is 2.33. The molecule has 0 fully saturated rings. The number of hydrogen-bond donors (Lipinski definition) is 0. The summed E-state index contributed by atoms with van der Waals surface area (Å²) in [5, 5.41) is 23.2. The Morgan fingerprint density at radius 2 is 1.01 bits per heavy atom. The van der Waals surface area contributed by atoms with Gasteiger partial charge in [-0.05, 0) is 54.4 Å². The molecule has 7 heteroatoms. The van der Waals surface area contributed by atoms with Crippen molar-refractivity contribution >= 4 is 134 Å². The maximum atomic E-state index is 12.3. The molecule has 15 aromatic rings. The third-order valence-corrected chi connectivity index (χ3v) is 16.8. The minimum absolute atomic E-state index is 0.395. The molecule has 0 aliphatic heterocycles. The van der Waals surface area contributed by atoms with Gasteiger partial charge in [-0.3, -0.25) is 0 Å². The van der Waals surface area contributed by atoms with Crippen molar-refractivity contribution in [3.05, 3.63) is 211 Å². The third kappa shape index (κ3) is 5.17. The summed E-state index contributed by atoms with van der Waals surface area (Å²) < 4.78 is 16.2. The predicted octanol–water partition coefficient (Wildman–Crippen LogP) is 18.6. The Balaban J connectivity index is 1.24. The van der Waals surface area contributed by atoms with Crippen molar-refractivity contribution < 1.29 is 4.42 Å². The average Bonchev–Trinajstić information content (AvgIpc) is 4.23. The Morgan fingerprint density at radius 3 is 1.63 bits per heavy atom. The first kappa shape index (κ1) is 39.1. The number of para-hydroxylation sites is 1. The molecule has 0 aliphatic rings. The molecule has 10 aromatic carbocycles. The van der Waals surface area contributed by atoms with E-state index in [4.69, 9.17) is 9.26 Å². The summed E-state index contributed by atoms with van der Waals surface area (Å²) in [4.78, 5) is 4.70. The summed E-state index contributed by atoms with van der Waals surface area (Å²) in [6.45, 7) is 11.7. The van der Waals surface area contributed by atoms with E-state index in [2.05, 4.69) is 162 Å². The van der Waals surface area contributed by atoms with Gasteiger partial charge in [-0.2, -0.15) is 5.26 Å². The molecule has 0 saturated heterocycles. The number of nitrogens with zero attached hydrogens (tertiary/aromatic N) is 4. The summed E-state index contributed by atoms with van der Waals surface area (Å²) in [5.74, 6) is 0. The maximum absolute atomic E-state index is 12.3. The maximum Gasteiger partial charge on any atom is 0.221 e. The molecule has 324 valence electrons. The highest BCUT2D eigenvalue weighted by Crippen LogP contribution is 2.55. The topological polar surface area (TPSA) is 51.1 Å². The average molecular weight is 927 g/mol. The number of hydrogen-bond acceptors (Lipinski definition) is 4. The summed E-state index contributed by atoms with van der Waals surface area (Å²) in [7, 11) is 0. The fraction of sp³-hybridized carbons (Fsp3) is 0.0159. The van der Waals surface area contributed by atoms with Crippen LogP contribution in [0.4, 0.5) is 5.69 Å². The third-order valence-electron chi connectivity index (χ3n) is 14.4. The van der Waals surface area contributed by atoms with E-state index in [0.717, 1.165) is 119 Å². The van der Waals surface area contributed by atoms with Gasteiger partial charge in [-0.15, -0.1) is 22.7 Å². The monoisotopic (exact) mass is 926 g/mol. The lowest BCUT2D eigenvalue weighted by Gasteiger charge is -2.25. The Labute approximate surface area is 407 Å². The van der Waals surface area contributed by atoms with E-state index in [1.165, 1.54) is 20.2 Å². The first-order valence-electron chi connectivity index (χ1n) is 23.3. The Kier molecular flexibility index (Phi) is 8.10. The molecule has 0 spiro atoms. The van der Waals surface area contributed by atoms with Crippen LogP contribution in [-0.4, -0.2) is 9.13 Å². The van der Waals surface area contributed by atoms with Crippen LogP contribution in [0.2, 0.25) is 0 Å². The predicted molar refractivity (Wildman–Crippen MR) is 295 cm³/mol. The van der Waals surface area contributed by atoms with Gasteiger partial charge >= 0.3 is 0 Å². The van der Waals surface area contributed by atoms with Crippen molar-refractivity contribution in [1.82, 2.24) is 9.13 Å². The molecule has 0 saturated carbocycles. The van der Waals surface area contributed by atoms with Crippen LogP contribution in [0.5, 0.6) is 0 Å². The molecule has 0 unspecified atom stereocenters. The van der Waals surface area contributed by atoms with E-state index < -0.39 is 0 Å². The first-order chi connectivity index (χ1) is 34.6. The van der Waals surface area contributed by atoms with Gasteiger partial charge in [0.15, 0.2) is 5.58 Å². The van der Waals surface area contributed by atoms with E-state index in [9.17, 15) is 11.8 Å². The Hall–Kier alpha value is -8.98. The largest absolute Gasteiger partial charge is 0.454 e. The van der Waals surface area contributed by atoms with Crippen molar-refractivity contribution in [2.24, 2.45) is 0 Å². The SMILES string of the molecule is [C-]#[N+]c1c(-c2ccccc2)c(-n2c3ccc(C)cc3c3ccc4c5ccccc5oc4c32)c(-c2ccccc2)c(C#N)c1-n1c2c(ccc3c4ccccc4sc32)c2ccc3c4ccccc4sc3c21. The minimum atomic E-state index is 0.395. The smallest absolute Gasteiger partial charge is 0.221 e. The van der Waals surface area contributed by atoms with Crippen LogP contribution in [0, 0.1) is 24.8 Å². The second-order valence-corrected chi connectivity index (χ2v) is 20.2. The molecule has 70 heavy (non-hydrogen) atoms. The molecule has 0 bridgehead atoms. The molecular weight excluding hydrogens is 893 g/mol. The summed E-state index contributed by atoms with van der Waals surface area (Å²) in [6.07, 6.45) is 0. The molecule has 5 nitrogen and oxygen atoms in total. The quantitative estimate of drug-likeness (QED) is 0.165. The van der Waals surface area contributed by atoms with Crippen molar-refractivity contribution in [1.29, 1.82) is 5.26 Å². The number of aryl methyl sites for hydroxylation is 1. The van der Waals surface area contributed by atoms with E-state index in [1.54, 1.807) is 22.7 Å². The second-order valence-electron chi connectivity index (χ2n) is 18.1. The lowest BCUT2D eigenvalue weighted by molar-refractivity contribution is 0.671. The second kappa shape index (κ2) is 14.5. The van der Waals surface area contributed by atoms with Gasteiger partial charge in [0.2, 0.25) is 5.69 Å². The molecule has 0 aliphatic carbocycles. The number of furan rings is 1. The number of nitriles is 1. The van der Waals surface area contributed by atoms with Gasteiger partial charge in [0.25, 0.3) is 0 Å². The van der Waals surface area contributed by atoms with E-state index in [1.807, 2.05) is 48.5 Å². The van der Waals surface area contributed by atoms with E-state index >= 15 is 0 Å².